The van der Waals surface area contributed by atoms with Gasteiger partial charge in [-0.2, -0.15) is 0 Å². The molecule has 3 rings (SSSR count). The van der Waals surface area contributed by atoms with Crippen LogP contribution in [0.25, 0.3) is 0 Å². The summed E-state index contributed by atoms with van der Waals surface area (Å²) in [6, 6.07) is 8.40. The molecule has 1 aromatic rings. The summed E-state index contributed by atoms with van der Waals surface area (Å²) < 4.78 is 5.95. The van der Waals surface area contributed by atoms with Crippen molar-refractivity contribution in [1.82, 2.24) is 5.32 Å². The van der Waals surface area contributed by atoms with E-state index in [-0.39, 0.29) is 12.4 Å². The Balaban J connectivity index is 0.000000853. The van der Waals surface area contributed by atoms with Gasteiger partial charge in [0, 0.05) is 18.9 Å². The summed E-state index contributed by atoms with van der Waals surface area (Å²) in [7, 11) is 0. The van der Waals surface area contributed by atoms with E-state index in [9.17, 15) is 0 Å². The normalized spacial score (nSPS) is 28.0. The van der Waals surface area contributed by atoms with Crippen LogP contribution in [0.4, 0.5) is 0 Å². The van der Waals surface area contributed by atoms with Gasteiger partial charge < -0.3 is 10.1 Å². The number of benzene rings is 1. The molecule has 1 fully saturated rings. The zero-order chi connectivity index (χ0) is 9.38. The SMILES string of the molecule is Cl.c1ccc2c(c1)CC(C1CCNC1)O2. The molecule has 2 heterocycles. The average molecular weight is 226 g/mol. The highest BCUT2D eigenvalue weighted by Gasteiger charge is 2.31. The van der Waals surface area contributed by atoms with Crippen LogP contribution in [0.1, 0.15) is 12.0 Å². The summed E-state index contributed by atoms with van der Waals surface area (Å²) in [5.41, 5.74) is 1.38. The number of rotatable bonds is 1. The molecule has 2 unspecified atom stereocenters. The van der Waals surface area contributed by atoms with E-state index in [0.717, 1.165) is 25.3 Å². The first-order chi connectivity index (χ1) is 6.93. The number of para-hydroxylation sites is 1. The van der Waals surface area contributed by atoms with Gasteiger partial charge in [-0.1, -0.05) is 18.2 Å². The van der Waals surface area contributed by atoms with Crippen LogP contribution in [-0.4, -0.2) is 19.2 Å². The number of halogens is 1. The summed E-state index contributed by atoms with van der Waals surface area (Å²) in [6.45, 7) is 2.28. The smallest absolute Gasteiger partial charge is 0.123 e. The first-order valence-electron chi connectivity index (χ1n) is 5.39. The van der Waals surface area contributed by atoms with Crippen molar-refractivity contribution in [3.05, 3.63) is 29.8 Å². The molecule has 1 saturated heterocycles. The van der Waals surface area contributed by atoms with Gasteiger partial charge in [0.05, 0.1) is 0 Å². The Hall–Kier alpha value is -0.730. The molecule has 0 bridgehead atoms. The fraction of sp³-hybridized carbons (Fsp3) is 0.500. The van der Waals surface area contributed by atoms with Crippen LogP contribution in [0.5, 0.6) is 5.75 Å². The van der Waals surface area contributed by atoms with Crippen molar-refractivity contribution in [2.45, 2.75) is 18.9 Å². The fourth-order valence-corrected chi connectivity index (χ4v) is 2.47. The second-order valence-corrected chi connectivity index (χ2v) is 4.22. The molecule has 0 radical (unpaired) electrons. The van der Waals surface area contributed by atoms with Crippen LogP contribution in [0.3, 0.4) is 0 Å². The molecule has 3 heteroatoms. The van der Waals surface area contributed by atoms with Crippen molar-refractivity contribution in [3.63, 3.8) is 0 Å². The summed E-state index contributed by atoms with van der Waals surface area (Å²) >= 11 is 0. The van der Waals surface area contributed by atoms with Crippen LogP contribution >= 0.6 is 12.4 Å². The van der Waals surface area contributed by atoms with Gasteiger partial charge in [-0.05, 0) is 24.6 Å². The Morgan fingerprint density at radius 1 is 1.27 bits per heavy atom. The highest BCUT2D eigenvalue weighted by Crippen LogP contribution is 2.32. The van der Waals surface area contributed by atoms with Gasteiger partial charge in [0.1, 0.15) is 11.9 Å². The predicted octanol–water partition coefficient (Wildman–Crippen LogP) is 2.02. The second kappa shape index (κ2) is 4.42. The van der Waals surface area contributed by atoms with Crippen molar-refractivity contribution in [2.75, 3.05) is 13.1 Å². The molecule has 2 atom stereocenters. The van der Waals surface area contributed by atoms with Crippen LogP contribution < -0.4 is 10.1 Å². The van der Waals surface area contributed by atoms with Gasteiger partial charge >= 0.3 is 0 Å². The van der Waals surface area contributed by atoms with Gasteiger partial charge in [-0.3, -0.25) is 0 Å². The van der Waals surface area contributed by atoms with Crippen LogP contribution in [0, 0.1) is 5.92 Å². The fourth-order valence-electron chi connectivity index (χ4n) is 2.47. The summed E-state index contributed by atoms with van der Waals surface area (Å²) in [5, 5.41) is 3.40. The third-order valence-electron chi connectivity index (χ3n) is 3.30. The topological polar surface area (TPSA) is 21.3 Å². The maximum Gasteiger partial charge on any atom is 0.123 e. The highest BCUT2D eigenvalue weighted by atomic mass is 35.5. The molecule has 2 aliphatic rings. The number of hydrogen-bond donors (Lipinski definition) is 1. The Labute approximate surface area is 96.4 Å². The molecule has 2 nitrogen and oxygen atoms in total. The molecule has 0 saturated carbocycles. The van der Waals surface area contributed by atoms with Crippen molar-refractivity contribution >= 4 is 12.4 Å². The van der Waals surface area contributed by atoms with Crippen LogP contribution in [-0.2, 0) is 6.42 Å². The average Bonchev–Trinajstić information content (AvgIpc) is 2.86. The van der Waals surface area contributed by atoms with Crippen molar-refractivity contribution in [2.24, 2.45) is 5.92 Å². The first kappa shape index (κ1) is 10.8. The van der Waals surface area contributed by atoms with Gasteiger partial charge in [0.15, 0.2) is 0 Å². The van der Waals surface area contributed by atoms with Crippen molar-refractivity contribution in [3.8, 4) is 5.75 Å². The third-order valence-corrected chi connectivity index (χ3v) is 3.30. The van der Waals surface area contributed by atoms with E-state index in [0.29, 0.717) is 12.0 Å². The number of fused-ring (bicyclic) bond motifs is 1. The Morgan fingerprint density at radius 3 is 2.87 bits per heavy atom. The zero-order valence-electron chi connectivity index (χ0n) is 8.61. The van der Waals surface area contributed by atoms with Gasteiger partial charge in [-0.15, -0.1) is 12.4 Å². The highest BCUT2D eigenvalue weighted by molar-refractivity contribution is 5.85. The van der Waals surface area contributed by atoms with E-state index in [1.165, 1.54) is 12.0 Å². The van der Waals surface area contributed by atoms with Gasteiger partial charge in [0.25, 0.3) is 0 Å². The van der Waals surface area contributed by atoms with Gasteiger partial charge in [0.2, 0.25) is 0 Å². The monoisotopic (exact) mass is 225 g/mol. The minimum absolute atomic E-state index is 0. The molecule has 82 valence electrons. The molecular formula is C12H16ClNO. The minimum Gasteiger partial charge on any atom is -0.489 e. The lowest BCUT2D eigenvalue weighted by atomic mass is 9.97. The molecule has 0 aromatic heterocycles. The third kappa shape index (κ3) is 1.97. The maximum absolute atomic E-state index is 5.95. The van der Waals surface area contributed by atoms with Crippen LogP contribution in [0.2, 0.25) is 0 Å². The second-order valence-electron chi connectivity index (χ2n) is 4.22. The standard InChI is InChI=1S/C12H15NO.ClH/c1-2-4-11-9(3-1)7-12(14-11)10-5-6-13-8-10;/h1-4,10,12-13H,5-8H2;1H. The number of nitrogens with one attached hydrogen (secondary N) is 1. The minimum atomic E-state index is 0. The number of ether oxygens (including phenoxy) is 1. The first-order valence-corrected chi connectivity index (χ1v) is 5.39. The van der Waals surface area contributed by atoms with E-state index in [1.54, 1.807) is 0 Å². The molecule has 0 spiro atoms. The number of hydrogen-bond acceptors (Lipinski definition) is 2. The van der Waals surface area contributed by atoms with Crippen molar-refractivity contribution in [1.29, 1.82) is 0 Å². The van der Waals surface area contributed by atoms with Gasteiger partial charge in [-0.25, -0.2) is 0 Å². The van der Waals surface area contributed by atoms with E-state index in [4.69, 9.17) is 4.74 Å². The lowest BCUT2D eigenvalue weighted by molar-refractivity contribution is 0.169. The molecule has 0 aliphatic carbocycles. The predicted molar refractivity (Wildman–Crippen MR) is 62.8 cm³/mol. The molecule has 1 N–H and O–H groups in total. The summed E-state index contributed by atoms with van der Waals surface area (Å²) in [5.74, 6) is 1.81. The lowest BCUT2D eigenvalue weighted by Crippen LogP contribution is -2.26. The molecule has 15 heavy (non-hydrogen) atoms. The lowest BCUT2D eigenvalue weighted by Gasteiger charge is -2.16. The Morgan fingerprint density at radius 2 is 2.13 bits per heavy atom. The zero-order valence-corrected chi connectivity index (χ0v) is 9.43. The van der Waals surface area contributed by atoms with Crippen molar-refractivity contribution < 1.29 is 4.74 Å². The molecule has 0 amide bonds. The molecule has 1 aromatic carbocycles. The van der Waals surface area contributed by atoms with E-state index in [2.05, 4.69) is 23.5 Å². The van der Waals surface area contributed by atoms with E-state index < -0.39 is 0 Å². The Kier molecular flexibility index (Phi) is 3.17. The maximum atomic E-state index is 5.95. The van der Waals surface area contributed by atoms with E-state index >= 15 is 0 Å². The quantitative estimate of drug-likeness (QED) is 0.790. The Bertz CT molecular complexity index is 311. The molecular weight excluding hydrogens is 210 g/mol. The van der Waals surface area contributed by atoms with Crippen LogP contribution in [0.15, 0.2) is 24.3 Å². The van der Waals surface area contributed by atoms with E-state index in [1.807, 2.05) is 6.07 Å². The molecule has 2 aliphatic heterocycles. The largest absolute Gasteiger partial charge is 0.489 e. The summed E-state index contributed by atoms with van der Waals surface area (Å²) in [4.78, 5) is 0. The summed E-state index contributed by atoms with van der Waals surface area (Å²) in [6.07, 6.45) is 2.78.